The van der Waals surface area contributed by atoms with Gasteiger partial charge in [0, 0.05) is 0 Å². The fourth-order valence-corrected chi connectivity index (χ4v) is 1.82. The molecule has 0 bridgehead atoms. The van der Waals surface area contributed by atoms with Gasteiger partial charge in [-0.1, -0.05) is 26.0 Å². The molecule has 1 atom stereocenters. The van der Waals surface area contributed by atoms with Gasteiger partial charge in [0.2, 0.25) is 0 Å². The number of hydrogen-bond donors (Lipinski definition) is 0. The summed E-state index contributed by atoms with van der Waals surface area (Å²) in [6.45, 7) is 11.3. The van der Waals surface area contributed by atoms with Crippen molar-refractivity contribution < 1.29 is 9.16 Å². The van der Waals surface area contributed by atoms with Crippen LogP contribution in [0.1, 0.15) is 31.7 Å². The Balaban J connectivity index is 2.46. The van der Waals surface area contributed by atoms with Crippen molar-refractivity contribution in [2.75, 3.05) is 6.79 Å². The van der Waals surface area contributed by atoms with Crippen molar-refractivity contribution >= 4 is 8.32 Å². The predicted octanol–water partition coefficient (Wildman–Crippen LogP) is 4.39. The molecule has 1 rings (SSSR count). The average molecular weight is 252 g/mol. The second kappa shape index (κ2) is 6.22. The van der Waals surface area contributed by atoms with Gasteiger partial charge in [0.15, 0.2) is 15.1 Å². The fourth-order valence-electron chi connectivity index (χ4n) is 1.40. The van der Waals surface area contributed by atoms with Gasteiger partial charge in [-0.25, -0.2) is 0 Å². The lowest BCUT2D eigenvalue weighted by atomic mass is 9.99. The molecule has 1 unspecified atom stereocenters. The summed E-state index contributed by atoms with van der Waals surface area (Å²) in [4.78, 5) is 0. The molecule has 0 N–H and O–H groups in total. The summed E-state index contributed by atoms with van der Waals surface area (Å²) in [7, 11) is -1.47. The summed E-state index contributed by atoms with van der Waals surface area (Å²) in [6.07, 6.45) is 1.17. The largest absolute Gasteiger partial charge is 0.469 e. The standard InChI is InChI=1S/C14H24O2Si/c1-6-12(2)13-7-9-14(10-8-13)15-11-16-17(3,4)5/h7-10,12H,6,11H2,1-5H3. The van der Waals surface area contributed by atoms with Crippen molar-refractivity contribution in [1.29, 1.82) is 0 Å². The van der Waals surface area contributed by atoms with Crippen LogP contribution in [0.5, 0.6) is 5.75 Å². The maximum Gasteiger partial charge on any atom is 0.188 e. The second-order valence-corrected chi connectivity index (χ2v) is 9.91. The van der Waals surface area contributed by atoms with Crippen molar-refractivity contribution in [2.45, 2.75) is 45.8 Å². The van der Waals surface area contributed by atoms with E-state index < -0.39 is 8.32 Å². The molecule has 0 aliphatic heterocycles. The van der Waals surface area contributed by atoms with Crippen LogP contribution in [0.3, 0.4) is 0 Å². The van der Waals surface area contributed by atoms with Crippen LogP contribution >= 0.6 is 0 Å². The molecule has 0 saturated carbocycles. The van der Waals surface area contributed by atoms with E-state index in [1.807, 2.05) is 12.1 Å². The van der Waals surface area contributed by atoms with Crippen molar-refractivity contribution in [3.8, 4) is 5.75 Å². The highest BCUT2D eigenvalue weighted by Crippen LogP contribution is 2.21. The molecule has 0 aliphatic rings. The quantitative estimate of drug-likeness (QED) is 0.552. The summed E-state index contributed by atoms with van der Waals surface area (Å²) in [6, 6.07) is 8.32. The van der Waals surface area contributed by atoms with Gasteiger partial charge in [-0.15, -0.1) is 0 Å². The lowest BCUT2D eigenvalue weighted by molar-refractivity contribution is 0.114. The van der Waals surface area contributed by atoms with Crippen molar-refractivity contribution in [1.82, 2.24) is 0 Å². The Hall–Kier alpha value is -0.803. The summed E-state index contributed by atoms with van der Waals surface area (Å²) in [5.74, 6) is 1.50. The lowest BCUT2D eigenvalue weighted by Crippen LogP contribution is -2.27. The molecule has 0 amide bonds. The summed E-state index contributed by atoms with van der Waals surface area (Å²) >= 11 is 0. The Labute approximate surface area is 106 Å². The molecule has 0 aliphatic carbocycles. The number of ether oxygens (including phenoxy) is 1. The molecular formula is C14H24O2Si. The van der Waals surface area contributed by atoms with Gasteiger partial charge in [0.1, 0.15) is 5.75 Å². The Morgan fingerprint density at radius 3 is 2.18 bits per heavy atom. The van der Waals surface area contributed by atoms with Crippen LogP contribution in [0, 0.1) is 0 Å². The maximum absolute atomic E-state index is 5.65. The number of rotatable bonds is 6. The van der Waals surface area contributed by atoms with Gasteiger partial charge >= 0.3 is 0 Å². The maximum atomic E-state index is 5.65. The van der Waals surface area contributed by atoms with Crippen LogP contribution in [0.2, 0.25) is 19.6 Å². The first-order valence-corrected chi connectivity index (χ1v) is 9.70. The van der Waals surface area contributed by atoms with Gasteiger partial charge in [-0.3, -0.25) is 0 Å². The average Bonchev–Trinajstić information content (AvgIpc) is 2.27. The van der Waals surface area contributed by atoms with Crippen molar-refractivity contribution in [2.24, 2.45) is 0 Å². The molecule has 17 heavy (non-hydrogen) atoms. The molecule has 96 valence electrons. The van der Waals surface area contributed by atoms with E-state index in [4.69, 9.17) is 9.16 Å². The Morgan fingerprint density at radius 1 is 1.12 bits per heavy atom. The van der Waals surface area contributed by atoms with E-state index in [0.717, 1.165) is 5.75 Å². The van der Waals surface area contributed by atoms with Gasteiger partial charge < -0.3 is 9.16 Å². The Kier molecular flexibility index (Phi) is 5.21. The second-order valence-electron chi connectivity index (χ2n) is 5.40. The van der Waals surface area contributed by atoms with Crippen LogP contribution in [-0.4, -0.2) is 15.1 Å². The normalized spacial score (nSPS) is 13.5. The molecule has 0 spiro atoms. The highest BCUT2D eigenvalue weighted by molar-refractivity contribution is 6.69. The van der Waals surface area contributed by atoms with E-state index in [2.05, 4.69) is 45.6 Å². The van der Waals surface area contributed by atoms with E-state index >= 15 is 0 Å². The van der Waals surface area contributed by atoms with Crippen LogP contribution < -0.4 is 4.74 Å². The Bertz CT molecular complexity index is 327. The molecule has 0 heterocycles. The summed E-state index contributed by atoms with van der Waals surface area (Å²) in [5.41, 5.74) is 1.37. The van der Waals surface area contributed by atoms with Crippen LogP contribution in [0.25, 0.3) is 0 Å². The minimum Gasteiger partial charge on any atom is -0.469 e. The van der Waals surface area contributed by atoms with Gasteiger partial charge in [0.25, 0.3) is 0 Å². The van der Waals surface area contributed by atoms with Gasteiger partial charge in [0.05, 0.1) is 0 Å². The van der Waals surface area contributed by atoms with E-state index in [9.17, 15) is 0 Å². The molecule has 0 radical (unpaired) electrons. The summed E-state index contributed by atoms with van der Waals surface area (Å²) in [5, 5.41) is 0. The number of benzene rings is 1. The molecule has 0 saturated heterocycles. The third-order valence-electron chi connectivity index (χ3n) is 2.78. The van der Waals surface area contributed by atoms with Crippen molar-refractivity contribution in [3.63, 3.8) is 0 Å². The number of hydrogen-bond acceptors (Lipinski definition) is 2. The van der Waals surface area contributed by atoms with E-state index in [0.29, 0.717) is 12.7 Å². The first-order chi connectivity index (χ1) is 7.92. The molecule has 1 aromatic carbocycles. The molecule has 2 nitrogen and oxygen atoms in total. The third-order valence-corrected chi connectivity index (χ3v) is 3.76. The smallest absolute Gasteiger partial charge is 0.188 e. The minimum absolute atomic E-state index is 0.360. The molecule has 3 heteroatoms. The highest BCUT2D eigenvalue weighted by atomic mass is 28.4. The minimum atomic E-state index is -1.47. The first kappa shape index (κ1) is 14.3. The van der Waals surface area contributed by atoms with Crippen LogP contribution in [-0.2, 0) is 4.43 Å². The van der Waals surface area contributed by atoms with Crippen molar-refractivity contribution in [3.05, 3.63) is 29.8 Å². The molecule has 1 aromatic rings. The van der Waals surface area contributed by atoms with Gasteiger partial charge in [-0.2, -0.15) is 0 Å². The Morgan fingerprint density at radius 2 is 1.71 bits per heavy atom. The SMILES string of the molecule is CCC(C)c1ccc(OCO[Si](C)(C)C)cc1. The predicted molar refractivity (Wildman–Crippen MR) is 75.1 cm³/mol. The molecule has 0 fully saturated rings. The van der Waals surface area contributed by atoms with E-state index in [1.54, 1.807) is 0 Å². The van der Waals surface area contributed by atoms with Crippen LogP contribution in [0.15, 0.2) is 24.3 Å². The van der Waals surface area contributed by atoms with E-state index in [1.165, 1.54) is 12.0 Å². The van der Waals surface area contributed by atoms with E-state index in [-0.39, 0.29) is 0 Å². The first-order valence-electron chi connectivity index (χ1n) is 6.29. The third kappa shape index (κ3) is 5.37. The zero-order valence-corrected chi connectivity index (χ0v) is 12.6. The molecular weight excluding hydrogens is 228 g/mol. The highest BCUT2D eigenvalue weighted by Gasteiger charge is 2.13. The topological polar surface area (TPSA) is 18.5 Å². The summed E-state index contributed by atoms with van der Waals surface area (Å²) < 4.78 is 11.2. The monoisotopic (exact) mass is 252 g/mol. The fraction of sp³-hybridized carbons (Fsp3) is 0.571. The molecule has 0 aromatic heterocycles. The van der Waals surface area contributed by atoms with Crippen LogP contribution in [0.4, 0.5) is 0 Å². The lowest BCUT2D eigenvalue weighted by Gasteiger charge is -2.17. The van der Waals surface area contributed by atoms with Gasteiger partial charge in [-0.05, 0) is 49.7 Å². The zero-order valence-electron chi connectivity index (χ0n) is 11.6. The zero-order chi connectivity index (χ0) is 12.9.